The summed E-state index contributed by atoms with van der Waals surface area (Å²) in [5.74, 6) is -0.852. The zero-order valence-corrected chi connectivity index (χ0v) is 16.2. The monoisotopic (exact) mass is 382 g/mol. The van der Waals surface area contributed by atoms with Gasteiger partial charge in [-0.05, 0) is 37.0 Å². The van der Waals surface area contributed by atoms with Crippen LogP contribution in [0.4, 0.5) is 0 Å². The minimum absolute atomic E-state index is 0.0595. The van der Waals surface area contributed by atoms with Gasteiger partial charge >= 0.3 is 5.97 Å². The van der Waals surface area contributed by atoms with Crippen LogP contribution in [0.1, 0.15) is 56.9 Å². The van der Waals surface area contributed by atoms with Crippen LogP contribution in [0.15, 0.2) is 24.3 Å². The Morgan fingerprint density at radius 1 is 1.07 bits per heavy atom. The summed E-state index contributed by atoms with van der Waals surface area (Å²) in [6, 6.07) is 7.01. The number of carboxylic acid groups (broad SMARTS) is 1. The highest BCUT2D eigenvalue weighted by Gasteiger charge is 2.30. The molecule has 7 nitrogen and oxygen atoms in total. The van der Waals surface area contributed by atoms with Crippen LogP contribution < -0.4 is 0 Å². The third kappa shape index (κ3) is 3.67. The summed E-state index contributed by atoms with van der Waals surface area (Å²) in [6.07, 6.45) is 4.19. The van der Waals surface area contributed by atoms with Gasteiger partial charge in [0, 0.05) is 57.4 Å². The fraction of sp³-hybridized carbons (Fsp3) is 0.476. The van der Waals surface area contributed by atoms with E-state index in [0.717, 1.165) is 62.3 Å². The zero-order valence-electron chi connectivity index (χ0n) is 16.2. The third-order valence-corrected chi connectivity index (χ3v) is 5.77. The van der Waals surface area contributed by atoms with Crippen molar-refractivity contribution in [2.24, 2.45) is 7.05 Å². The van der Waals surface area contributed by atoms with E-state index in [9.17, 15) is 9.59 Å². The number of amides is 1. The summed E-state index contributed by atoms with van der Waals surface area (Å²) < 4.78 is 1.87. The zero-order chi connectivity index (χ0) is 19.7. The van der Waals surface area contributed by atoms with Crippen molar-refractivity contribution in [3.05, 3.63) is 52.3 Å². The molecular weight excluding hydrogens is 356 g/mol. The van der Waals surface area contributed by atoms with Crippen molar-refractivity contribution in [3.8, 4) is 0 Å². The molecule has 1 fully saturated rings. The normalized spacial score (nSPS) is 17.4. The topological polar surface area (TPSA) is 78.7 Å². The number of carboxylic acids is 1. The Hall–Kier alpha value is -2.67. The predicted molar refractivity (Wildman–Crippen MR) is 104 cm³/mol. The Balaban J connectivity index is 1.51. The first kappa shape index (κ1) is 18.7. The number of aromatic carboxylic acids is 1. The lowest BCUT2D eigenvalue weighted by Crippen LogP contribution is -2.37. The van der Waals surface area contributed by atoms with E-state index >= 15 is 0 Å². The smallest absolute Gasteiger partial charge is 0.335 e. The average Bonchev–Trinajstić information content (AvgIpc) is 3.04. The maximum atomic E-state index is 13.0. The molecule has 0 aliphatic carbocycles. The standard InChI is InChI=1S/C21H26N4O3/c1-23-18-9-12-24(13-15-5-7-16(8-6-15)21(27)28)14-17(18)19(22-23)20(26)25-10-3-2-4-11-25/h5-8H,2-4,9-14H2,1H3,(H,27,28). The van der Waals surface area contributed by atoms with Crippen LogP contribution in [-0.2, 0) is 26.6 Å². The summed E-state index contributed by atoms with van der Waals surface area (Å²) in [7, 11) is 1.92. The van der Waals surface area contributed by atoms with Crippen molar-refractivity contribution in [2.45, 2.75) is 38.8 Å². The maximum absolute atomic E-state index is 13.0. The Morgan fingerprint density at radius 2 is 1.79 bits per heavy atom. The van der Waals surface area contributed by atoms with Crippen LogP contribution in [0.2, 0.25) is 0 Å². The van der Waals surface area contributed by atoms with Gasteiger partial charge in [-0.3, -0.25) is 14.4 Å². The van der Waals surface area contributed by atoms with Crippen molar-refractivity contribution in [1.29, 1.82) is 0 Å². The van der Waals surface area contributed by atoms with Crippen LogP contribution >= 0.6 is 0 Å². The summed E-state index contributed by atoms with van der Waals surface area (Å²) in [4.78, 5) is 28.3. The molecule has 1 saturated heterocycles. The lowest BCUT2D eigenvalue weighted by Gasteiger charge is -2.29. The molecule has 1 N–H and O–H groups in total. The van der Waals surface area contributed by atoms with Gasteiger partial charge in [-0.1, -0.05) is 12.1 Å². The molecule has 1 amide bonds. The van der Waals surface area contributed by atoms with Gasteiger partial charge in [0.05, 0.1) is 5.56 Å². The number of carbonyl (C=O) groups is 2. The number of piperidine rings is 1. The molecule has 1 aromatic carbocycles. The summed E-state index contributed by atoms with van der Waals surface area (Å²) in [5.41, 5.74) is 4.17. The highest BCUT2D eigenvalue weighted by atomic mass is 16.4. The molecule has 1 aromatic heterocycles. The molecule has 148 valence electrons. The molecule has 2 aliphatic heterocycles. The fourth-order valence-corrected chi connectivity index (χ4v) is 4.21. The molecule has 0 atom stereocenters. The number of aryl methyl sites for hydroxylation is 1. The number of rotatable bonds is 4. The molecule has 7 heteroatoms. The van der Waals surface area contributed by atoms with E-state index in [1.165, 1.54) is 6.42 Å². The Morgan fingerprint density at radius 3 is 2.46 bits per heavy atom. The highest BCUT2D eigenvalue weighted by Crippen LogP contribution is 2.25. The summed E-state index contributed by atoms with van der Waals surface area (Å²) in [5, 5.41) is 13.6. The van der Waals surface area contributed by atoms with Crippen LogP contribution in [-0.4, -0.2) is 56.2 Å². The van der Waals surface area contributed by atoms with Gasteiger partial charge in [-0.25, -0.2) is 4.79 Å². The fourth-order valence-electron chi connectivity index (χ4n) is 4.21. The first-order chi connectivity index (χ1) is 13.5. The number of likely N-dealkylation sites (tertiary alicyclic amines) is 1. The Labute approximate surface area is 164 Å². The Bertz CT molecular complexity index is 882. The quantitative estimate of drug-likeness (QED) is 0.878. The van der Waals surface area contributed by atoms with E-state index in [1.54, 1.807) is 12.1 Å². The van der Waals surface area contributed by atoms with Crippen LogP contribution in [0.5, 0.6) is 0 Å². The molecular formula is C21H26N4O3. The van der Waals surface area contributed by atoms with E-state index in [0.29, 0.717) is 17.8 Å². The SMILES string of the molecule is Cn1nc(C(=O)N2CCCCC2)c2c1CCN(Cc1ccc(C(=O)O)cc1)C2. The molecule has 0 saturated carbocycles. The second-order valence-corrected chi connectivity index (χ2v) is 7.71. The van der Waals surface area contributed by atoms with Gasteiger partial charge in [0.15, 0.2) is 5.69 Å². The number of hydrogen-bond acceptors (Lipinski definition) is 4. The van der Waals surface area contributed by atoms with Gasteiger partial charge in [0.1, 0.15) is 0 Å². The largest absolute Gasteiger partial charge is 0.478 e. The van der Waals surface area contributed by atoms with Crippen LogP contribution in [0, 0.1) is 0 Å². The molecule has 2 aliphatic rings. The minimum atomic E-state index is -0.912. The van der Waals surface area contributed by atoms with Crippen molar-refractivity contribution in [2.75, 3.05) is 19.6 Å². The van der Waals surface area contributed by atoms with Gasteiger partial charge < -0.3 is 10.0 Å². The molecule has 0 spiro atoms. The van der Waals surface area contributed by atoms with Gasteiger partial charge in [0.2, 0.25) is 0 Å². The van der Waals surface area contributed by atoms with Crippen molar-refractivity contribution >= 4 is 11.9 Å². The van der Waals surface area contributed by atoms with Crippen molar-refractivity contribution < 1.29 is 14.7 Å². The molecule has 0 unspecified atom stereocenters. The number of hydrogen-bond donors (Lipinski definition) is 1. The van der Waals surface area contributed by atoms with Crippen molar-refractivity contribution in [3.63, 3.8) is 0 Å². The second kappa shape index (κ2) is 7.75. The summed E-state index contributed by atoms with van der Waals surface area (Å²) in [6.45, 7) is 3.96. The highest BCUT2D eigenvalue weighted by molar-refractivity contribution is 5.94. The maximum Gasteiger partial charge on any atom is 0.335 e. The van der Waals surface area contributed by atoms with Crippen LogP contribution in [0.25, 0.3) is 0 Å². The van der Waals surface area contributed by atoms with Gasteiger partial charge in [-0.15, -0.1) is 0 Å². The van der Waals surface area contributed by atoms with E-state index in [1.807, 2.05) is 28.8 Å². The number of nitrogens with zero attached hydrogens (tertiary/aromatic N) is 4. The van der Waals surface area contributed by atoms with Gasteiger partial charge in [-0.2, -0.15) is 5.10 Å². The first-order valence-electron chi connectivity index (χ1n) is 9.91. The second-order valence-electron chi connectivity index (χ2n) is 7.71. The van der Waals surface area contributed by atoms with E-state index in [4.69, 9.17) is 5.11 Å². The molecule has 0 bridgehead atoms. The average molecular weight is 382 g/mol. The number of carbonyl (C=O) groups excluding carboxylic acids is 1. The van der Waals surface area contributed by atoms with E-state index in [-0.39, 0.29) is 5.91 Å². The van der Waals surface area contributed by atoms with E-state index in [2.05, 4.69) is 10.00 Å². The molecule has 28 heavy (non-hydrogen) atoms. The molecule has 0 radical (unpaired) electrons. The molecule has 3 heterocycles. The summed E-state index contributed by atoms with van der Waals surface area (Å²) >= 11 is 0. The third-order valence-electron chi connectivity index (χ3n) is 5.77. The number of aromatic nitrogens is 2. The predicted octanol–water partition coefficient (Wildman–Crippen LogP) is 2.30. The molecule has 4 rings (SSSR count). The lowest BCUT2D eigenvalue weighted by molar-refractivity contribution is 0.0693. The first-order valence-corrected chi connectivity index (χ1v) is 9.91. The number of benzene rings is 1. The van der Waals surface area contributed by atoms with Gasteiger partial charge in [0.25, 0.3) is 5.91 Å². The van der Waals surface area contributed by atoms with Crippen molar-refractivity contribution in [1.82, 2.24) is 19.6 Å². The molecule has 2 aromatic rings. The number of fused-ring (bicyclic) bond motifs is 1. The Kier molecular flexibility index (Phi) is 5.17. The lowest BCUT2D eigenvalue weighted by atomic mass is 10.0. The minimum Gasteiger partial charge on any atom is -0.478 e. The van der Waals surface area contributed by atoms with Crippen LogP contribution in [0.3, 0.4) is 0 Å². The van der Waals surface area contributed by atoms with E-state index < -0.39 is 5.97 Å².